The summed E-state index contributed by atoms with van der Waals surface area (Å²) in [7, 11) is 2.23. The molecular weight excluding hydrogens is 302 g/mol. The molecule has 4 heteroatoms. The first-order valence-electron chi connectivity index (χ1n) is 8.48. The van der Waals surface area contributed by atoms with E-state index in [1.54, 1.807) is 16.9 Å². The quantitative estimate of drug-likeness (QED) is 0.761. The number of hydrogen-bond donors (Lipinski definition) is 0. The van der Waals surface area contributed by atoms with Crippen LogP contribution in [-0.4, -0.2) is 41.5 Å². The average Bonchev–Trinajstić information content (AvgIpc) is 2.95. The third-order valence-corrected chi connectivity index (χ3v) is 6.06. The molecular formula is C19H27N3S. The molecule has 1 aromatic heterocycles. The van der Waals surface area contributed by atoms with Gasteiger partial charge in [-0.1, -0.05) is 12.7 Å². The van der Waals surface area contributed by atoms with Crippen LogP contribution in [0.3, 0.4) is 0 Å². The molecule has 1 atom stereocenters. The maximum Gasteiger partial charge on any atom is 0.0797 e. The van der Waals surface area contributed by atoms with Gasteiger partial charge in [0.15, 0.2) is 0 Å². The number of aryl methyl sites for hydroxylation is 1. The fourth-order valence-electron chi connectivity index (χ4n) is 3.82. The van der Waals surface area contributed by atoms with E-state index in [-0.39, 0.29) is 0 Å². The van der Waals surface area contributed by atoms with Crippen LogP contribution in [0.2, 0.25) is 0 Å². The highest BCUT2D eigenvalue weighted by Crippen LogP contribution is 2.41. The van der Waals surface area contributed by atoms with Gasteiger partial charge in [-0.15, -0.1) is 17.9 Å². The minimum atomic E-state index is 0.450. The third kappa shape index (κ3) is 3.29. The zero-order valence-corrected chi connectivity index (χ0v) is 15.2. The Morgan fingerprint density at radius 3 is 3.00 bits per heavy atom. The second kappa shape index (κ2) is 7.02. The Morgan fingerprint density at radius 1 is 1.48 bits per heavy atom. The SMILES string of the molecule is C=CCC1C(=C)N(CCc2scnc2C)C2=C1CN(C)CCC2. The van der Waals surface area contributed by atoms with Gasteiger partial charge < -0.3 is 9.80 Å². The van der Waals surface area contributed by atoms with Crippen LogP contribution in [0.15, 0.2) is 41.7 Å². The predicted molar refractivity (Wildman–Crippen MR) is 98.5 cm³/mol. The lowest BCUT2D eigenvalue weighted by Crippen LogP contribution is -2.24. The molecule has 1 aromatic rings. The van der Waals surface area contributed by atoms with E-state index < -0.39 is 0 Å². The van der Waals surface area contributed by atoms with Crippen molar-refractivity contribution in [3.8, 4) is 0 Å². The van der Waals surface area contributed by atoms with E-state index in [0.717, 1.165) is 25.9 Å². The fourth-order valence-corrected chi connectivity index (χ4v) is 4.59. The number of aromatic nitrogens is 1. The van der Waals surface area contributed by atoms with E-state index in [2.05, 4.69) is 41.9 Å². The molecule has 3 rings (SSSR count). The minimum absolute atomic E-state index is 0.450. The molecule has 0 saturated carbocycles. The Hall–Kier alpha value is -1.39. The van der Waals surface area contributed by atoms with Gasteiger partial charge in [0.1, 0.15) is 0 Å². The molecule has 124 valence electrons. The average molecular weight is 330 g/mol. The Balaban J connectivity index is 1.82. The van der Waals surface area contributed by atoms with E-state index >= 15 is 0 Å². The third-order valence-electron chi connectivity index (χ3n) is 5.07. The Labute approximate surface area is 144 Å². The maximum atomic E-state index is 4.44. The van der Waals surface area contributed by atoms with E-state index in [1.165, 1.54) is 41.4 Å². The molecule has 1 unspecified atom stereocenters. The number of thiazole rings is 1. The zero-order valence-electron chi connectivity index (χ0n) is 14.3. The first-order chi connectivity index (χ1) is 11.1. The summed E-state index contributed by atoms with van der Waals surface area (Å²) in [6.45, 7) is 13.8. The van der Waals surface area contributed by atoms with Crippen molar-refractivity contribution in [3.05, 3.63) is 52.3 Å². The number of nitrogens with zero attached hydrogens (tertiary/aromatic N) is 3. The Kier molecular flexibility index (Phi) is 5.02. The number of hydrogen-bond acceptors (Lipinski definition) is 4. The summed E-state index contributed by atoms with van der Waals surface area (Å²) in [4.78, 5) is 10.7. The normalized spacial score (nSPS) is 22.4. The van der Waals surface area contributed by atoms with Crippen molar-refractivity contribution >= 4 is 11.3 Å². The van der Waals surface area contributed by atoms with Gasteiger partial charge in [-0.05, 0) is 45.4 Å². The van der Waals surface area contributed by atoms with Crippen LogP contribution in [0, 0.1) is 12.8 Å². The maximum absolute atomic E-state index is 4.44. The molecule has 0 aliphatic carbocycles. The molecule has 0 aromatic carbocycles. The molecule has 0 radical (unpaired) electrons. The topological polar surface area (TPSA) is 19.4 Å². The van der Waals surface area contributed by atoms with Gasteiger partial charge in [0.2, 0.25) is 0 Å². The predicted octanol–water partition coefficient (Wildman–Crippen LogP) is 4.00. The van der Waals surface area contributed by atoms with Gasteiger partial charge in [-0.3, -0.25) is 0 Å². The van der Waals surface area contributed by atoms with E-state index in [0.29, 0.717) is 5.92 Å². The van der Waals surface area contributed by atoms with E-state index in [4.69, 9.17) is 0 Å². The van der Waals surface area contributed by atoms with Crippen LogP contribution in [0.5, 0.6) is 0 Å². The van der Waals surface area contributed by atoms with Gasteiger partial charge in [0.25, 0.3) is 0 Å². The molecule has 0 saturated heterocycles. The summed E-state index contributed by atoms with van der Waals surface area (Å²) in [5.74, 6) is 0.450. The van der Waals surface area contributed by atoms with Gasteiger partial charge in [0, 0.05) is 41.7 Å². The van der Waals surface area contributed by atoms with Crippen molar-refractivity contribution in [3.63, 3.8) is 0 Å². The molecule has 0 bridgehead atoms. The molecule has 0 fully saturated rings. The highest BCUT2D eigenvalue weighted by atomic mass is 32.1. The monoisotopic (exact) mass is 329 g/mol. The lowest BCUT2D eigenvalue weighted by molar-refractivity contribution is 0.345. The minimum Gasteiger partial charge on any atom is -0.348 e. The Bertz CT molecular complexity index is 628. The molecule has 0 amide bonds. The van der Waals surface area contributed by atoms with Crippen LogP contribution in [-0.2, 0) is 6.42 Å². The summed E-state index contributed by atoms with van der Waals surface area (Å²) in [6.07, 6.45) is 6.51. The molecule has 2 aliphatic heterocycles. The number of likely N-dealkylation sites (N-methyl/N-ethyl adjacent to an activating group) is 1. The van der Waals surface area contributed by atoms with Crippen LogP contribution < -0.4 is 0 Å². The van der Waals surface area contributed by atoms with Gasteiger partial charge in [-0.25, -0.2) is 4.98 Å². The van der Waals surface area contributed by atoms with Gasteiger partial charge in [-0.2, -0.15) is 0 Å². The zero-order chi connectivity index (χ0) is 16.4. The Morgan fingerprint density at radius 2 is 2.30 bits per heavy atom. The van der Waals surface area contributed by atoms with Crippen LogP contribution >= 0.6 is 11.3 Å². The molecule has 23 heavy (non-hydrogen) atoms. The molecule has 2 aliphatic rings. The highest BCUT2D eigenvalue weighted by molar-refractivity contribution is 7.09. The first kappa shape index (κ1) is 16.5. The van der Waals surface area contributed by atoms with Crippen molar-refractivity contribution in [2.45, 2.75) is 32.6 Å². The molecule has 0 spiro atoms. The van der Waals surface area contributed by atoms with Crippen LogP contribution in [0.4, 0.5) is 0 Å². The summed E-state index contributed by atoms with van der Waals surface area (Å²) < 4.78 is 0. The van der Waals surface area contributed by atoms with Gasteiger partial charge in [0.05, 0.1) is 11.2 Å². The second-order valence-corrected chi connectivity index (χ2v) is 7.58. The summed E-state index contributed by atoms with van der Waals surface area (Å²) >= 11 is 1.77. The molecule has 3 nitrogen and oxygen atoms in total. The smallest absolute Gasteiger partial charge is 0.0797 e. The van der Waals surface area contributed by atoms with Crippen molar-refractivity contribution < 1.29 is 0 Å². The standard InChI is InChI=1S/C19H27N3S/c1-5-7-16-15(3)22(11-9-19-14(2)20-13-23-19)18-8-6-10-21(4)12-17(16)18/h5,13,16H,1,3,6-12H2,2,4H3. The molecule has 0 N–H and O–H groups in total. The van der Waals surface area contributed by atoms with Crippen LogP contribution in [0.25, 0.3) is 0 Å². The van der Waals surface area contributed by atoms with Crippen molar-refractivity contribution in [1.82, 2.24) is 14.8 Å². The fraction of sp³-hybridized carbons (Fsp3) is 0.526. The van der Waals surface area contributed by atoms with Crippen LogP contribution in [0.1, 0.15) is 29.8 Å². The largest absolute Gasteiger partial charge is 0.348 e. The van der Waals surface area contributed by atoms with E-state index in [1.807, 2.05) is 11.6 Å². The summed E-state index contributed by atoms with van der Waals surface area (Å²) in [6, 6.07) is 0. The lowest BCUT2D eigenvalue weighted by atomic mass is 9.94. The number of rotatable bonds is 5. The van der Waals surface area contributed by atoms with Crippen molar-refractivity contribution in [2.24, 2.45) is 5.92 Å². The lowest BCUT2D eigenvalue weighted by Gasteiger charge is -2.26. The highest BCUT2D eigenvalue weighted by Gasteiger charge is 2.35. The second-order valence-electron chi connectivity index (χ2n) is 6.64. The molecule has 3 heterocycles. The summed E-state index contributed by atoms with van der Waals surface area (Å²) in [5, 5.41) is 0. The van der Waals surface area contributed by atoms with Crippen molar-refractivity contribution in [1.29, 1.82) is 0 Å². The first-order valence-corrected chi connectivity index (χ1v) is 9.36. The summed E-state index contributed by atoms with van der Waals surface area (Å²) in [5.41, 5.74) is 7.52. The van der Waals surface area contributed by atoms with Gasteiger partial charge >= 0.3 is 0 Å². The van der Waals surface area contributed by atoms with Crippen molar-refractivity contribution in [2.75, 3.05) is 26.7 Å². The van der Waals surface area contributed by atoms with E-state index in [9.17, 15) is 0 Å². The number of allylic oxidation sites excluding steroid dienone is 3.